The van der Waals surface area contributed by atoms with Gasteiger partial charge < -0.3 is 14.2 Å². The maximum atomic E-state index is 5.95. The van der Waals surface area contributed by atoms with Crippen LogP contribution in [0.25, 0.3) is 22.6 Å². The SMILES string of the molecule is COc1ncnc(OC)c1-n1c(NSC(C)C(OC)c2ncc(Cl)cn2)nnc1-c1cnn2ccccc12. The zero-order chi connectivity index (χ0) is 26.6. The molecule has 38 heavy (non-hydrogen) atoms. The average molecular weight is 555 g/mol. The zero-order valence-electron chi connectivity index (χ0n) is 20.8. The maximum absolute atomic E-state index is 5.95. The van der Waals surface area contributed by atoms with Crippen LogP contribution in [0.1, 0.15) is 18.9 Å². The molecule has 0 aliphatic rings. The van der Waals surface area contributed by atoms with E-state index in [1.807, 2.05) is 31.3 Å². The van der Waals surface area contributed by atoms with Gasteiger partial charge in [-0.05, 0) is 31.0 Å². The van der Waals surface area contributed by atoms with Crippen LogP contribution in [-0.4, -0.2) is 70.9 Å². The number of nitrogens with one attached hydrogen (secondary N) is 1. The molecule has 1 N–H and O–H groups in total. The van der Waals surface area contributed by atoms with Crippen LogP contribution >= 0.6 is 23.5 Å². The Morgan fingerprint density at radius 3 is 2.39 bits per heavy atom. The molecule has 0 spiro atoms. The minimum atomic E-state index is -0.427. The molecule has 15 heteroatoms. The van der Waals surface area contributed by atoms with E-state index in [2.05, 4.69) is 40.0 Å². The van der Waals surface area contributed by atoms with Crippen LogP contribution in [0, 0.1) is 0 Å². The molecule has 0 saturated heterocycles. The van der Waals surface area contributed by atoms with E-state index in [-0.39, 0.29) is 17.0 Å². The summed E-state index contributed by atoms with van der Waals surface area (Å²) in [7, 11) is 4.64. The van der Waals surface area contributed by atoms with Crippen LogP contribution in [0.2, 0.25) is 5.02 Å². The number of hydrogen-bond acceptors (Lipinski definition) is 12. The minimum absolute atomic E-state index is 0.150. The first-order valence-corrected chi connectivity index (χ1v) is 12.5. The number of methoxy groups -OCH3 is 3. The molecule has 0 amide bonds. The molecule has 0 aliphatic carbocycles. The largest absolute Gasteiger partial charge is 0.479 e. The molecule has 2 unspecified atom stereocenters. The van der Waals surface area contributed by atoms with Crippen LogP contribution < -0.4 is 14.2 Å². The van der Waals surface area contributed by atoms with Crippen molar-refractivity contribution < 1.29 is 14.2 Å². The van der Waals surface area contributed by atoms with E-state index in [0.29, 0.717) is 28.3 Å². The second kappa shape index (κ2) is 11.2. The molecular weight excluding hydrogens is 532 g/mol. The smallest absolute Gasteiger partial charge is 0.245 e. The standard InChI is InChI=1S/C23H23ClN10O3S/c1-13(18(35-2)19-25-9-14(24)10-26-19)38-32-23-31-30-20(15-11-29-33-8-6-5-7-16(15)33)34(23)17-21(36-3)27-12-28-22(17)37-4/h5-13,18H,1-4H3,(H,31,32). The van der Waals surface area contributed by atoms with Crippen molar-refractivity contribution in [1.29, 1.82) is 0 Å². The average Bonchev–Trinajstić information content (AvgIpc) is 3.56. The lowest BCUT2D eigenvalue weighted by Crippen LogP contribution is -2.19. The third-order valence-electron chi connectivity index (χ3n) is 5.61. The molecule has 0 aliphatic heterocycles. The Balaban J connectivity index is 1.57. The zero-order valence-corrected chi connectivity index (χ0v) is 22.4. The van der Waals surface area contributed by atoms with Crippen molar-refractivity contribution in [2.24, 2.45) is 0 Å². The highest BCUT2D eigenvalue weighted by Crippen LogP contribution is 2.37. The van der Waals surface area contributed by atoms with Gasteiger partial charge in [0.25, 0.3) is 0 Å². The number of aromatic nitrogens is 9. The Labute approximate surface area is 226 Å². The molecule has 13 nitrogen and oxygen atoms in total. The van der Waals surface area contributed by atoms with Gasteiger partial charge in [-0.15, -0.1) is 10.2 Å². The van der Waals surface area contributed by atoms with Crippen LogP contribution in [0.15, 0.2) is 49.3 Å². The highest BCUT2D eigenvalue weighted by atomic mass is 35.5. The first kappa shape index (κ1) is 25.6. The van der Waals surface area contributed by atoms with Crippen molar-refractivity contribution in [1.82, 2.24) is 44.3 Å². The van der Waals surface area contributed by atoms with Crippen LogP contribution in [0.3, 0.4) is 0 Å². The summed E-state index contributed by atoms with van der Waals surface area (Å²) in [6.07, 6.45) is 7.58. The molecule has 5 aromatic heterocycles. The molecule has 5 heterocycles. The summed E-state index contributed by atoms with van der Waals surface area (Å²) in [6.45, 7) is 1.98. The fraction of sp³-hybridized carbons (Fsp3) is 0.261. The second-order valence-corrected chi connectivity index (χ2v) is 9.47. The van der Waals surface area contributed by atoms with Gasteiger partial charge in [0.05, 0.1) is 41.8 Å². The fourth-order valence-electron chi connectivity index (χ4n) is 3.86. The molecule has 0 radical (unpaired) electrons. The minimum Gasteiger partial charge on any atom is -0.479 e. The Kier molecular flexibility index (Phi) is 7.53. The maximum Gasteiger partial charge on any atom is 0.245 e. The third-order valence-corrected chi connectivity index (χ3v) is 6.72. The van der Waals surface area contributed by atoms with E-state index < -0.39 is 6.10 Å². The lowest BCUT2D eigenvalue weighted by atomic mass is 10.2. The molecule has 0 fully saturated rings. The van der Waals surface area contributed by atoms with E-state index in [9.17, 15) is 0 Å². The van der Waals surface area contributed by atoms with E-state index in [4.69, 9.17) is 25.8 Å². The Hall–Kier alpha value is -4.01. The van der Waals surface area contributed by atoms with Gasteiger partial charge in [-0.25, -0.2) is 14.5 Å². The molecule has 0 bridgehead atoms. The third kappa shape index (κ3) is 4.80. The lowest BCUT2D eigenvalue weighted by Gasteiger charge is -2.21. The number of anilines is 1. The van der Waals surface area contributed by atoms with E-state index in [1.54, 1.807) is 22.4 Å². The Morgan fingerprint density at radius 2 is 1.71 bits per heavy atom. The molecule has 0 aromatic carbocycles. The molecule has 196 valence electrons. The number of rotatable bonds is 10. The number of halogens is 1. The van der Waals surface area contributed by atoms with Gasteiger partial charge in [0, 0.05) is 25.7 Å². The number of fused-ring (bicyclic) bond motifs is 1. The first-order chi connectivity index (χ1) is 18.5. The number of pyridine rings is 1. The fourth-order valence-corrected chi connectivity index (χ4v) is 4.74. The molecule has 5 rings (SSSR count). The van der Waals surface area contributed by atoms with Gasteiger partial charge in [-0.1, -0.05) is 17.7 Å². The van der Waals surface area contributed by atoms with Crippen LogP contribution in [0.4, 0.5) is 5.95 Å². The monoisotopic (exact) mass is 554 g/mol. The first-order valence-electron chi connectivity index (χ1n) is 11.3. The summed E-state index contributed by atoms with van der Waals surface area (Å²) in [6, 6.07) is 5.76. The van der Waals surface area contributed by atoms with Gasteiger partial charge in [0.2, 0.25) is 17.7 Å². The second-order valence-electron chi connectivity index (χ2n) is 7.85. The van der Waals surface area contributed by atoms with Crippen molar-refractivity contribution in [3.63, 3.8) is 0 Å². The van der Waals surface area contributed by atoms with Gasteiger partial charge in [-0.3, -0.25) is 9.29 Å². The van der Waals surface area contributed by atoms with E-state index in [1.165, 1.54) is 44.9 Å². The van der Waals surface area contributed by atoms with Gasteiger partial charge in [0.15, 0.2) is 17.3 Å². The van der Waals surface area contributed by atoms with Crippen molar-refractivity contribution in [3.05, 3.63) is 60.2 Å². The predicted octanol–water partition coefficient (Wildman–Crippen LogP) is 3.67. The molecular formula is C23H23ClN10O3S. The summed E-state index contributed by atoms with van der Waals surface area (Å²) in [4.78, 5) is 17.2. The topological polar surface area (TPSA) is 139 Å². The number of hydrogen-bond donors (Lipinski definition) is 1. The Morgan fingerprint density at radius 1 is 0.974 bits per heavy atom. The molecule has 0 saturated carbocycles. The number of nitrogens with zero attached hydrogens (tertiary/aromatic N) is 9. The van der Waals surface area contributed by atoms with Crippen LogP contribution in [0.5, 0.6) is 11.8 Å². The summed E-state index contributed by atoms with van der Waals surface area (Å²) in [5.41, 5.74) is 2.00. The molecule has 5 aromatic rings. The summed E-state index contributed by atoms with van der Waals surface area (Å²) < 4.78 is 23.6. The van der Waals surface area contributed by atoms with Gasteiger partial charge in [0.1, 0.15) is 12.4 Å². The predicted molar refractivity (Wildman–Crippen MR) is 142 cm³/mol. The number of ether oxygens (including phenoxy) is 3. The summed E-state index contributed by atoms with van der Waals surface area (Å²) in [5.74, 6) is 1.93. The van der Waals surface area contributed by atoms with Crippen molar-refractivity contribution in [2.75, 3.05) is 26.1 Å². The quantitative estimate of drug-likeness (QED) is 0.252. The van der Waals surface area contributed by atoms with E-state index >= 15 is 0 Å². The normalized spacial score (nSPS) is 12.9. The Bertz CT molecular complexity index is 1520. The lowest BCUT2D eigenvalue weighted by molar-refractivity contribution is 0.0972. The van der Waals surface area contributed by atoms with E-state index in [0.717, 1.165) is 11.1 Å². The van der Waals surface area contributed by atoms with Crippen molar-refractivity contribution >= 4 is 35.0 Å². The highest BCUT2D eigenvalue weighted by molar-refractivity contribution is 8.01. The van der Waals surface area contributed by atoms with Gasteiger partial charge in [-0.2, -0.15) is 15.1 Å². The molecule has 2 atom stereocenters. The summed E-state index contributed by atoms with van der Waals surface area (Å²) >= 11 is 7.30. The van der Waals surface area contributed by atoms with Crippen molar-refractivity contribution in [2.45, 2.75) is 18.3 Å². The summed E-state index contributed by atoms with van der Waals surface area (Å²) in [5, 5.41) is 13.7. The highest BCUT2D eigenvalue weighted by Gasteiger charge is 2.28. The van der Waals surface area contributed by atoms with Crippen LogP contribution in [-0.2, 0) is 4.74 Å². The van der Waals surface area contributed by atoms with Gasteiger partial charge >= 0.3 is 0 Å². The van der Waals surface area contributed by atoms with Crippen molar-refractivity contribution in [3.8, 4) is 28.8 Å².